The summed E-state index contributed by atoms with van der Waals surface area (Å²) in [6.07, 6.45) is 3.32. The van der Waals surface area contributed by atoms with Gasteiger partial charge in [-0.05, 0) is 44.2 Å². The fourth-order valence-corrected chi connectivity index (χ4v) is 3.63. The van der Waals surface area contributed by atoms with E-state index in [4.69, 9.17) is 0 Å². The van der Waals surface area contributed by atoms with Gasteiger partial charge in [0.05, 0.1) is 5.69 Å². The summed E-state index contributed by atoms with van der Waals surface area (Å²) >= 11 is 1.62. The first kappa shape index (κ1) is 13.3. The fraction of sp³-hybridized carbons (Fsp3) is 0.375. The van der Waals surface area contributed by atoms with Crippen LogP contribution >= 0.6 is 11.3 Å². The molecule has 20 heavy (non-hydrogen) atoms. The molecule has 4 heteroatoms. The largest absolute Gasteiger partial charge is 0.298 e. The number of aryl methyl sites for hydroxylation is 2. The lowest BCUT2D eigenvalue weighted by Gasteiger charge is -2.15. The van der Waals surface area contributed by atoms with Crippen LogP contribution in [-0.4, -0.2) is 10.9 Å². The van der Waals surface area contributed by atoms with E-state index in [1.165, 1.54) is 17.0 Å². The fourth-order valence-electron chi connectivity index (χ4n) is 2.47. The number of thiazole rings is 1. The lowest BCUT2D eigenvalue weighted by molar-refractivity contribution is 0.102. The first-order chi connectivity index (χ1) is 9.61. The number of hydrogen-bond donors (Lipinski definition) is 1. The molecule has 1 aliphatic carbocycles. The van der Waals surface area contributed by atoms with E-state index >= 15 is 0 Å². The first-order valence-electron chi connectivity index (χ1n) is 6.98. The molecule has 1 aliphatic rings. The first-order valence-corrected chi connectivity index (χ1v) is 7.80. The molecule has 1 heterocycles. The van der Waals surface area contributed by atoms with Crippen LogP contribution in [0.1, 0.15) is 39.8 Å². The van der Waals surface area contributed by atoms with E-state index in [1.54, 1.807) is 11.3 Å². The molecule has 3 rings (SSSR count). The molecule has 1 unspecified atom stereocenters. The zero-order valence-corrected chi connectivity index (χ0v) is 12.6. The molecule has 1 aromatic carbocycles. The highest BCUT2D eigenvalue weighted by molar-refractivity contribution is 7.15. The van der Waals surface area contributed by atoms with Gasteiger partial charge >= 0.3 is 0 Å². The van der Waals surface area contributed by atoms with Crippen molar-refractivity contribution in [3.8, 4) is 0 Å². The number of carbonyl (C=O) groups excluding carboxylic acids is 1. The zero-order valence-electron chi connectivity index (χ0n) is 11.8. The maximum absolute atomic E-state index is 12.2. The average molecular weight is 286 g/mol. The second kappa shape index (κ2) is 5.37. The number of carbonyl (C=O) groups is 1. The molecule has 0 radical (unpaired) electrons. The van der Waals surface area contributed by atoms with Crippen molar-refractivity contribution < 1.29 is 4.79 Å². The normalized spacial score (nSPS) is 17.6. The topological polar surface area (TPSA) is 42.0 Å². The number of benzene rings is 1. The van der Waals surface area contributed by atoms with Crippen molar-refractivity contribution in [1.82, 2.24) is 4.98 Å². The Morgan fingerprint density at radius 3 is 2.85 bits per heavy atom. The van der Waals surface area contributed by atoms with Crippen LogP contribution in [0.3, 0.4) is 0 Å². The molecule has 1 amide bonds. The SMILES string of the molecule is Cc1ccc(C(=O)Nc2nc3c(s2)CC(C)CC3)cc1. The minimum absolute atomic E-state index is 0.0795. The van der Waals surface area contributed by atoms with Crippen LogP contribution in [0.4, 0.5) is 5.13 Å². The standard InChI is InChI=1S/C16H18N2OS/c1-10-3-6-12(7-4-10)15(19)18-16-17-13-8-5-11(2)9-14(13)20-16/h3-4,6-7,11H,5,8-9H2,1-2H3,(H,17,18,19). The molecule has 0 saturated heterocycles. The lowest BCUT2D eigenvalue weighted by Crippen LogP contribution is -2.11. The van der Waals surface area contributed by atoms with Gasteiger partial charge in [-0.2, -0.15) is 0 Å². The van der Waals surface area contributed by atoms with E-state index in [-0.39, 0.29) is 5.91 Å². The van der Waals surface area contributed by atoms with E-state index in [1.807, 2.05) is 31.2 Å². The highest BCUT2D eigenvalue weighted by Crippen LogP contribution is 2.32. The number of amides is 1. The summed E-state index contributed by atoms with van der Waals surface area (Å²) in [6, 6.07) is 7.59. The maximum Gasteiger partial charge on any atom is 0.257 e. The molecule has 0 fully saturated rings. The number of aromatic nitrogens is 1. The Hall–Kier alpha value is -1.68. The van der Waals surface area contributed by atoms with Crippen molar-refractivity contribution in [1.29, 1.82) is 0 Å². The molecule has 0 aliphatic heterocycles. The van der Waals surface area contributed by atoms with Crippen molar-refractivity contribution in [2.75, 3.05) is 5.32 Å². The highest BCUT2D eigenvalue weighted by atomic mass is 32.1. The number of nitrogens with zero attached hydrogens (tertiary/aromatic N) is 1. The number of rotatable bonds is 2. The van der Waals surface area contributed by atoms with E-state index < -0.39 is 0 Å². The second-order valence-electron chi connectivity index (χ2n) is 5.56. The van der Waals surface area contributed by atoms with Crippen molar-refractivity contribution in [3.63, 3.8) is 0 Å². The Morgan fingerprint density at radius 2 is 2.10 bits per heavy atom. The van der Waals surface area contributed by atoms with Gasteiger partial charge in [0.1, 0.15) is 0 Å². The van der Waals surface area contributed by atoms with Gasteiger partial charge in [-0.3, -0.25) is 10.1 Å². The second-order valence-corrected chi connectivity index (χ2v) is 6.64. The smallest absolute Gasteiger partial charge is 0.257 e. The quantitative estimate of drug-likeness (QED) is 0.911. The Bertz CT molecular complexity index is 630. The third-order valence-corrected chi connectivity index (χ3v) is 4.76. The molecule has 2 aromatic rings. The molecule has 3 nitrogen and oxygen atoms in total. The molecule has 0 bridgehead atoms. The monoisotopic (exact) mass is 286 g/mol. The summed E-state index contributed by atoms with van der Waals surface area (Å²) in [6.45, 7) is 4.28. The van der Waals surface area contributed by atoms with Gasteiger partial charge in [-0.15, -0.1) is 11.3 Å². The van der Waals surface area contributed by atoms with E-state index in [0.29, 0.717) is 5.56 Å². The third kappa shape index (κ3) is 2.75. The highest BCUT2D eigenvalue weighted by Gasteiger charge is 2.20. The van der Waals surface area contributed by atoms with Crippen LogP contribution in [0.25, 0.3) is 0 Å². The van der Waals surface area contributed by atoms with Crippen molar-refractivity contribution in [2.45, 2.75) is 33.1 Å². The summed E-state index contributed by atoms with van der Waals surface area (Å²) in [7, 11) is 0. The third-order valence-electron chi connectivity index (χ3n) is 3.72. The molecule has 0 spiro atoms. The Morgan fingerprint density at radius 1 is 1.35 bits per heavy atom. The minimum Gasteiger partial charge on any atom is -0.298 e. The summed E-state index contributed by atoms with van der Waals surface area (Å²) in [5.41, 5.74) is 3.00. The van der Waals surface area contributed by atoms with Crippen LogP contribution < -0.4 is 5.32 Å². The number of nitrogens with one attached hydrogen (secondary N) is 1. The number of anilines is 1. The van der Waals surface area contributed by atoms with Gasteiger partial charge in [0.2, 0.25) is 0 Å². The van der Waals surface area contributed by atoms with Gasteiger partial charge in [0.25, 0.3) is 5.91 Å². The van der Waals surface area contributed by atoms with E-state index in [9.17, 15) is 4.79 Å². The number of hydrogen-bond acceptors (Lipinski definition) is 3. The van der Waals surface area contributed by atoms with Crippen LogP contribution in [-0.2, 0) is 12.8 Å². The predicted octanol–water partition coefficient (Wildman–Crippen LogP) is 3.83. The summed E-state index contributed by atoms with van der Waals surface area (Å²) in [4.78, 5) is 18.0. The van der Waals surface area contributed by atoms with Gasteiger partial charge < -0.3 is 0 Å². The van der Waals surface area contributed by atoms with Crippen LogP contribution in [0.2, 0.25) is 0 Å². The van der Waals surface area contributed by atoms with Gasteiger partial charge in [0.15, 0.2) is 5.13 Å². The van der Waals surface area contributed by atoms with Crippen LogP contribution in [0, 0.1) is 12.8 Å². The lowest BCUT2D eigenvalue weighted by atomic mass is 9.93. The molecule has 0 saturated carbocycles. The molecule has 104 valence electrons. The van der Waals surface area contributed by atoms with Gasteiger partial charge in [-0.1, -0.05) is 24.6 Å². The molecular formula is C16H18N2OS. The van der Waals surface area contributed by atoms with Crippen molar-refractivity contribution in [3.05, 3.63) is 46.0 Å². The average Bonchev–Trinajstić information content (AvgIpc) is 2.80. The van der Waals surface area contributed by atoms with Gasteiger partial charge in [0, 0.05) is 10.4 Å². The molecule has 1 atom stereocenters. The molecular weight excluding hydrogens is 268 g/mol. The van der Waals surface area contributed by atoms with Crippen molar-refractivity contribution in [2.24, 2.45) is 5.92 Å². The summed E-state index contributed by atoms with van der Waals surface area (Å²) in [5.74, 6) is 0.646. The summed E-state index contributed by atoms with van der Waals surface area (Å²) < 4.78 is 0. The molecule has 1 aromatic heterocycles. The van der Waals surface area contributed by atoms with Crippen LogP contribution in [0.5, 0.6) is 0 Å². The van der Waals surface area contributed by atoms with Crippen molar-refractivity contribution >= 4 is 22.4 Å². The summed E-state index contributed by atoms with van der Waals surface area (Å²) in [5, 5.41) is 3.65. The molecule has 1 N–H and O–H groups in total. The van der Waals surface area contributed by atoms with E-state index in [2.05, 4.69) is 17.2 Å². The minimum atomic E-state index is -0.0795. The van der Waals surface area contributed by atoms with Crippen LogP contribution in [0.15, 0.2) is 24.3 Å². The Kier molecular flexibility index (Phi) is 3.57. The Balaban J connectivity index is 1.75. The Labute approximate surface area is 123 Å². The maximum atomic E-state index is 12.2. The zero-order chi connectivity index (χ0) is 14.1. The predicted molar refractivity (Wildman–Crippen MR) is 82.4 cm³/mol. The van der Waals surface area contributed by atoms with E-state index in [0.717, 1.165) is 29.5 Å². The van der Waals surface area contributed by atoms with Gasteiger partial charge in [-0.25, -0.2) is 4.98 Å². The number of fused-ring (bicyclic) bond motifs is 1.